The lowest BCUT2D eigenvalue weighted by Crippen LogP contribution is -2.40. The molecule has 0 radical (unpaired) electrons. The van der Waals surface area contributed by atoms with Gasteiger partial charge in [-0.3, -0.25) is 4.90 Å². The van der Waals surface area contributed by atoms with E-state index in [4.69, 9.17) is 0 Å². The molecule has 1 aromatic carbocycles. The minimum Gasteiger partial charge on any atom is -0.388 e. The van der Waals surface area contributed by atoms with Crippen LogP contribution >= 0.6 is 0 Å². The lowest BCUT2D eigenvalue weighted by atomic mass is 9.82. The molecule has 0 saturated heterocycles. The number of nitrogens with zero attached hydrogens (tertiary/aromatic N) is 1. The van der Waals surface area contributed by atoms with Crippen LogP contribution in [-0.2, 0) is 0 Å². The van der Waals surface area contributed by atoms with Crippen LogP contribution in [0.1, 0.15) is 51.2 Å². The van der Waals surface area contributed by atoms with E-state index >= 15 is 0 Å². The smallest absolute Gasteiger partial charge is 0.0853 e. The van der Waals surface area contributed by atoms with E-state index in [0.29, 0.717) is 0 Å². The molecule has 2 saturated carbocycles. The largest absolute Gasteiger partial charge is 0.388 e. The Kier molecular flexibility index (Phi) is 3.87. The fourth-order valence-electron chi connectivity index (χ4n) is 3.11. The molecule has 1 N–H and O–H groups in total. The number of benzene rings is 1. The van der Waals surface area contributed by atoms with Crippen molar-refractivity contribution in [1.82, 2.24) is 4.90 Å². The van der Waals surface area contributed by atoms with Crippen molar-refractivity contribution in [3.05, 3.63) is 35.9 Å². The standard InChI is InChI=1S/C18H27NO/c1-18(2,17(20)15-6-4-3-5-7-15)13-19(16-10-11-16)12-14-8-9-14/h3-7,14,16-17,20H,8-13H2,1-2H3. The van der Waals surface area contributed by atoms with E-state index in [1.54, 1.807) is 0 Å². The van der Waals surface area contributed by atoms with Gasteiger partial charge in [-0.25, -0.2) is 0 Å². The third-order valence-corrected chi connectivity index (χ3v) is 4.72. The van der Waals surface area contributed by atoms with E-state index < -0.39 is 0 Å². The van der Waals surface area contributed by atoms with E-state index in [2.05, 4.69) is 18.7 Å². The molecule has 2 fully saturated rings. The van der Waals surface area contributed by atoms with Crippen molar-refractivity contribution < 1.29 is 5.11 Å². The molecule has 0 amide bonds. The average molecular weight is 273 g/mol. The second-order valence-corrected chi connectivity index (χ2v) is 7.41. The lowest BCUT2D eigenvalue weighted by molar-refractivity contribution is 0.0169. The number of aliphatic hydroxyl groups is 1. The van der Waals surface area contributed by atoms with Crippen LogP contribution in [0.15, 0.2) is 30.3 Å². The van der Waals surface area contributed by atoms with Crippen LogP contribution in [0.5, 0.6) is 0 Å². The van der Waals surface area contributed by atoms with E-state index in [1.807, 2.05) is 30.3 Å². The summed E-state index contributed by atoms with van der Waals surface area (Å²) in [6.07, 6.45) is 5.13. The summed E-state index contributed by atoms with van der Waals surface area (Å²) in [7, 11) is 0. The molecule has 0 aromatic heterocycles. The van der Waals surface area contributed by atoms with Crippen LogP contribution in [0.4, 0.5) is 0 Å². The Morgan fingerprint density at radius 1 is 1.15 bits per heavy atom. The topological polar surface area (TPSA) is 23.5 Å². The highest BCUT2D eigenvalue weighted by molar-refractivity contribution is 5.19. The zero-order valence-corrected chi connectivity index (χ0v) is 12.8. The molecular weight excluding hydrogens is 246 g/mol. The Morgan fingerprint density at radius 2 is 1.80 bits per heavy atom. The third-order valence-electron chi connectivity index (χ3n) is 4.72. The first-order valence-corrected chi connectivity index (χ1v) is 8.03. The van der Waals surface area contributed by atoms with Crippen LogP contribution in [0.3, 0.4) is 0 Å². The van der Waals surface area contributed by atoms with Gasteiger partial charge in [0.2, 0.25) is 0 Å². The molecular formula is C18H27NO. The Balaban J connectivity index is 1.66. The van der Waals surface area contributed by atoms with Crippen LogP contribution in [0.2, 0.25) is 0 Å². The summed E-state index contributed by atoms with van der Waals surface area (Å²) < 4.78 is 0. The van der Waals surface area contributed by atoms with Crippen molar-refractivity contribution in [3.63, 3.8) is 0 Å². The van der Waals surface area contributed by atoms with Gasteiger partial charge in [-0.15, -0.1) is 0 Å². The maximum atomic E-state index is 10.7. The Labute approximate surface area is 122 Å². The molecule has 1 atom stereocenters. The first-order chi connectivity index (χ1) is 9.56. The molecule has 110 valence electrons. The van der Waals surface area contributed by atoms with Gasteiger partial charge in [-0.1, -0.05) is 44.2 Å². The number of hydrogen-bond donors (Lipinski definition) is 1. The SMILES string of the molecule is CC(C)(CN(CC1CC1)C1CC1)C(O)c1ccccc1. The highest BCUT2D eigenvalue weighted by Crippen LogP contribution is 2.40. The van der Waals surface area contributed by atoms with Gasteiger partial charge in [-0.05, 0) is 37.2 Å². The van der Waals surface area contributed by atoms with Crippen molar-refractivity contribution in [2.45, 2.75) is 51.7 Å². The number of hydrogen-bond acceptors (Lipinski definition) is 2. The van der Waals surface area contributed by atoms with Gasteiger partial charge in [0.25, 0.3) is 0 Å². The quantitative estimate of drug-likeness (QED) is 0.820. The predicted octanol–water partition coefficient (Wildman–Crippen LogP) is 3.62. The summed E-state index contributed by atoms with van der Waals surface area (Å²) in [6, 6.07) is 10.9. The fraction of sp³-hybridized carbons (Fsp3) is 0.667. The molecule has 0 heterocycles. The van der Waals surface area contributed by atoms with Crippen LogP contribution in [-0.4, -0.2) is 29.1 Å². The van der Waals surface area contributed by atoms with Gasteiger partial charge in [0, 0.05) is 24.5 Å². The molecule has 1 unspecified atom stereocenters. The zero-order chi connectivity index (χ0) is 14.2. The van der Waals surface area contributed by atoms with Gasteiger partial charge in [0.05, 0.1) is 6.10 Å². The molecule has 0 aliphatic heterocycles. The van der Waals surface area contributed by atoms with Crippen molar-refractivity contribution >= 4 is 0 Å². The summed E-state index contributed by atoms with van der Waals surface area (Å²) in [6.45, 7) is 6.65. The first kappa shape index (κ1) is 14.1. The molecule has 20 heavy (non-hydrogen) atoms. The highest BCUT2D eigenvalue weighted by Gasteiger charge is 2.39. The van der Waals surface area contributed by atoms with Crippen molar-refractivity contribution in [3.8, 4) is 0 Å². The van der Waals surface area contributed by atoms with Crippen molar-refractivity contribution in [2.75, 3.05) is 13.1 Å². The van der Waals surface area contributed by atoms with Gasteiger partial charge >= 0.3 is 0 Å². The maximum Gasteiger partial charge on any atom is 0.0853 e. The second-order valence-electron chi connectivity index (χ2n) is 7.41. The molecule has 2 heteroatoms. The Morgan fingerprint density at radius 3 is 2.35 bits per heavy atom. The van der Waals surface area contributed by atoms with Gasteiger partial charge in [-0.2, -0.15) is 0 Å². The zero-order valence-electron chi connectivity index (χ0n) is 12.8. The van der Waals surface area contributed by atoms with Crippen LogP contribution in [0.25, 0.3) is 0 Å². The molecule has 1 aromatic rings. The number of aliphatic hydroxyl groups excluding tert-OH is 1. The predicted molar refractivity (Wildman–Crippen MR) is 82.5 cm³/mol. The minimum atomic E-state index is -0.385. The lowest BCUT2D eigenvalue weighted by Gasteiger charge is -2.36. The molecule has 2 nitrogen and oxygen atoms in total. The van der Waals surface area contributed by atoms with Gasteiger partial charge in [0.15, 0.2) is 0 Å². The Bertz CT molecular complexity index is 434. The molecule has 3 rings (SSSR count). The Hall–Kier alpha value is -0.860. The van der Waals surface area contributed by atoms with Crippen molar-refractivity contribution in [2.24, 2.45) is 11.3 Å². The fourth-order valence-corrected chi connectivity index (χ4v) is 3.11. The van der Waals surface area contributed by atoms with Gasteiger partial charge in [0.1, 0.15) is 0 Å². The molecule has 0 spiro atoms. The van der Waals surface area contributed by atoms with Gasteiger partial charge < -0.3 is 5.11 Å². The number of rotatable bonds is 7. The minimum absolute atomic E-state index is 0.0984. The van der Waals surface area contributed by atoms with E-state index in [-0.39, 0.29) is 11.5 Å². The van der Waals surface area contributed by atoms with Crippen LogP contribution in [0, 0.1) is 11.3 Å². The molecule has 2 aliphatic carbocycles. The normalized spacial score (nSPS) is 21.2. The average Bonchev–Trinajstić information content (AvgIpc) is 3.29. The van der Waals surface area contributed by atoms with E-state index in [9.17, 15) is 5.11 Å². The van der Waals surface area contributed by atoms with Crippen LogP contribution < -0.4 is 0 Å². The molecule has 0 bridgehead atoms. The summed E-state index contributed by atoms with van der Waals surface area (Å²) >= 11 is 0. The second kappa shape index (κ2) is 5.50. The first-order valence-electron chi connectivity index (χ1n) is 8.03. The van der Waals surface area contributed by atoms with E-state index in [0.717, 1.165) is 24.1 Å². The van der Waals surface area contributed by atoms with Crippen molar-refractivity contribution in [1.29, 1.82) is 0 Å². The highest BCUT2D eigenvalue weighted by atomic mass is 16.3. The summed E-state index contributed by atoms with van der Waals surface area (Å²) in [5.41, 5.74) is 0.943. The van der Waals surface area contributed by atoms with E-state index in [1.165, 1.54) is 32.2 Å². The maximum absolute atomic E-state index is 10.7. The monoisotopic (exact) mass is 273 g/mol. The molecule has 2 aliphatic rings. The third kappa shape index (κ3) is 3.42. The summed E-state index contributed by atoms with van der Waals surface area (Å²) in [4.78, 5) is 2.64. The summed E-state index contributed by atoms with van der Waals surface area (Å²) in [5.74, 6) is 0.931. The summed E-state index contributed by atoms with van der Waals surface area (Å²) in [5, 5.41) is 10.7.